The fraction of sp³-hybridized carbons (Fsp3) is 0.455. The Bertz CT molecular complexity index is 299. The van der Waals surface area contributed by atoms with Crippen LogP contribution < -0.4 is 5.73 Å². The van der Waals surface area contributed by atoms with Gasteiger partial charge in [0.05, 0.1) is 0 Å². The monoisotopic (exact) mass is 229 g/mol. The Hall–Kier alpha value is -0.180. The molecule has 0 bridgehead atoms. The van der Waals surface area contributed by atoms with Gasteiger partial charge >= 0.3 is 0 Å². The van der Waals surface area contributed by atoms with Crippen LogP contribution in [0.5, 0.6) is 0 Å². The molecule has 0 saturated carbocycles. The minimum absolute atomic E-state index is 0.187. The van der Waals surface area contributed by atoms with Crippen molar-refractivity contribution in [1.82, 2.24) is 0 Å². The molecule has 0 fully saturated rings. The van der Waals surface area contributed by atoms with E-state index in [2.05, 4.69) is 19.9 Å². The van der Waals surface area contributed by atoms with E-state index in [4.69, 9.17) is 17.3 Å². The molecule has 1 nitrogen and oxygen atoms in total. The highest BCUT2D eigenvalue weighted by Crippen LogP contribution is 2.28. The molecule has 0 spiro atoms. The Morgan fingerprint density at radius 3 is 2.71 bits per heavy atom. The first kappa shape index (κ1) is 11.9. The first-order valence-electron chi connectivity index (χ1n) is 4.62. The lowest BCUT2D eigenvalue weighted by molar-refractivity contribution is 0.438. The van der Waals surface area contributed by atoms with Gasteiger partial charge in [0.1, 0.15) is 0 Å². The summed E-state index contributed by atoms with van der Waals surface area (Å²) < 4.78 is 0. The van der Waals surface area contributed by atoms with Gasteiger partial charge in [-0.2, -0.15) is 0 Å². The predicted octanol–water partition coefficient (Wildman–Crippen LogP) is 3.42. The van der Waals surface area contributed by atoms with Gasteiger partial charge in [-0.05, 0) is 30.2 Å². The fourth-order valence-electron chi connectivity index (χ4n) is 0.894. The molecule has 0 atom stereocenters. The zero-order chi connectivity index (χ0) is 10.6. The number of rotatable bonds is 4. The van der Waals surface area contributed by atoms with Crippen LogP contribution in [0.4, 0.5) is 0 Å². The lowest BCUT2D eigenvalue weighted by Gasteiger charge is -2.21. The number of hydrogen-bond donors (Lipinski definition) is 1. The van der Waals surface area contributed by atoms with E-state index in [0.717, 1.165) is 10.8 Å². The van der Waals surface area contributed by atoms with Crippen LogP contribution in [0.25, 0.3) is 0 Å². The minimum atomic E-state index is 0.187. The van der Waals surface area contributed by atoms with Gasteiger partial charge in [-0.25, -0.2) is 0 Å². The van der Waals surface area contributed by atoms with E-state index >= 15 is 0 Å². The summed E-state index contributed by atoms with van der Waals surface area (Å²) >= 11 is 7.69. The molecule has 0 saturated heterocycles. The van der Waals surface area contributed by atoms with Crippen LogP contribution in [0.3, 0.4) is 0 Å². The van der Waals surface area contributed by atoms with Gasteiger partial charge in [-0.1, -0.05) is 31.5 Å². The van der Waals surface area contributed by atoms with Gasteiger partial charge in [0.25, 0.3) is 0 Å². The smallest absolute Gasteiger partial charge is 0.0417 e. The predicted molar refractivity (Wildman–Crippen MR) is 65.0 cm³/mol. The van der Waals surface area contributed by atoms with E-state index in [1.165, 1.54) is 4.90 Å². The van der Waals surface area contributed by atoms with E-state index in [9.17, 15) is 0 Å². The Kier molecular flexibility index (Phi) is 4.30. The highest BCUT2D eigenvalue weighted by molar-refractivity contribution is 7.99. The van der Waals surface area contributed by atoms with Gasteiger partial charge in [0, 0.05) is 15.7 Å². The van der Waals surface area contributed by atoms with Crippen molar-refractivity contribution in [3.8, 4) is 0 Å². The lowest BCUT2D eigenvalue weighted by Crippen LogP contribution is -2.25. The largest absolute Gasteiger partial charge is 0.330 e. The molecular formula is C11H16ClNS. The Balaban J connectivity index is 2.54. The number of thioether (sulfide) groups is 1. The molecule has 0 radical (unpaired) electrons. The van der Waals surface area contributed by atoms with Crippen molar-refractivity contribution in [2.24, 2.45) is 11.1 Å². The second-order valence-electron chi connectivity index (χ2n) is 4.11. The van der Waals surface area contributed by atoms with Crippen molar-refractivity contribution < 1.29 is 0 Å². The molecule has 0 amide bonds. The molecule has 2 N–H and O–H groups in total. The van der Waals surface area contributed by atoms with Crippen molar-refractivity contribution in [2.75, 3.05) is 12.3 Å². The molecule has 1 rings (SSSR count). The van der Waals surface area contributed by atoms with Crippen LogP contribution in [-0.4, -0.2) is 12.3 Å². The molecule has 0 aliphatic heterocycles. The second-order valence-corrected chi connectivity index (χ2v) is 5.60. The first-order chi connectivity index (χ1) is 6.53. The van der Waals surface area contributed by atoms with Gasteiger partial charge in [0.15, 0.2) is 0 Å². The third kappa shape index (κ3) is 3.91. The van der Waals surface area contributed by atoms with Gasteiger partial charge in [-0.3, -0.25) is 0 Å². The van der Waals surface area contributed by atoms with Crippen LogP contribution in [0.1, 0.15) is 13.8 Å². The Morgan fingerprint density at radius 1 is 1.43 bits per heavy atom. The Morgan fingerprint density at radius 2 is 2.14 bits per heavy atom. The molecule has 0 aliphatic carbocycles. The standard InChI is InChI=1S/C11H16ClNS/c1-11(2,7-13)8-14-10-5-3-4-9(12)6-10/h3-6H,7-8,13H2,1-2H3. The molecule has 0 aliphatic rings. The molecule has 0 unspecified atom stereocenters. The second kappa shape index (κ2) is 5.06. The summed E-state index contributed by atoms with van der Waals surface area (Å²) in [5.74, 6) is 1.02. The zero-order valence-corrected chi connectivity index (χ0v) is 10.2. The summed E-state index contributed by atoms with van der Waals surface area (Å²) in [7, 11) is 0. The summed E-state index contributed by atoms with van der Waals surface area (Å²) in [6, 6.07) is 7.92. The van der Waals surface area contributed by atoms with Crippen LogP contribution in [-0.2, 0) is 0 Å². The normalized spacial score (nSPS) is 11.7. The number of hydrogen-bond acceptors (Lipinski definition) is 2. The molecular weight excluding hydrogens is 214 g/mol. The highest BCUT2D eigenvalue weighted by Gasteiger charge is 2.15. The van der Waals surface area contributed by atoms with E-state index in [-0.39, 0.29) is 5.41 Å². The summed E-state index contributed by atoms with van der Waals surface area (Å²) in [6.07, 6.45) is 0. The van der Waals surface area contributed by atoms with E-state index in [1.807, 2.05) is 18.2 Å². The van der Waals surface area contributed by atoms with Crippen molar-refractivity contribution in [3.63, 3.8) is 0 Å². The maximum absolute atomic E-state index is 5.89. The SMILES string of the molecule is CC(C)(CN)CSc1cccc(Cl)c1. The van der Waals surface area contributed by atoms with Gasteiger partial charge < -0.3 is 5.73 Å². The molecule has 0 aromatic heterocycles. The van der Waals surface area contributed by atoms with Crippen molar-refractivity contribution in [1.29, 1.82) is 0 Å². The number of halogens is 1. The third-order valence-electron chi connectivity index (χ3n) is 1.98. The van der Waals surface area contributed by atoms with E-state index in [1.54, 1.807) is 11.8 Å². The van der Waals surface area contributed by atoms with Crippen LogP contribution in [0.15, 0.2) is 29.2 Å². The van der Waals surface area contributed by atoms with E-state index < -0.39 is 0 Å². The molecule has 3 heteroatoms. The maximum Gasteiger partial charge on any atom is 0.0417 e. The molecule has 1 aromatic carbocycles. The zero-order valence-electron chi connectivity index (χ0n) is 8.59. The Labute approximate surface area is 95.0 Å². The van der Waals surface area contributed by atoms with Crippen LogP contribution in [0, 0.1) is 5.41 Å². The van der Waals surface area contributed by atoms with Crippen LogP contribution in [0.2, 0.25) is 5.02 Å². The van der Waals surface area contributed by atoms with Crippen molar-refractivity contribution in [3.05, 3.63) is 29.3 Å². The lowest BCUT2D eigenvalue weighted by atomic mass is 9.97. The minimum Gasteiger partial charge on any atom is -0.330 e. The van der Waals surface area contributed by atoms with Gasteiger partial charge in [-0.15, -0.1) is 11.8 Å². The number of benzene rings is 1. The maximum atomic E-state index is 5.89. The average molecular weight is 230 g/mol. The third-order valence-corrected chi connectivity index (χ3v) is 3.73. The molecule has 14 heavy (non-hydrogen) atoms. The molecule has 78 valence electrons. The van der Waals surface area contributed by atoms with Crippen molar-refractivity contribution in [2.45, 2.75) is 18.7 Å². The summed E-state index contributed by atoms with van der Waals surface area (Å²) in [5, 5.41) is 0.792. The van der Waals surface area contributed by atoms with Crippen molar-refractivity contribution >= 4 is 23.4 Å². The van der Waals surface area contributed by atoms with E-state index in [0.29, 0.717) is 6.54 Å². The topological polar surface area (TPSA) is 26.0 Å². The average Bonchev–Trinajstić information content (AvgIpc) is 2.15. The summed E-state index contributed by atoms with van der Waals surface area (Å²) in [4.78, 5) is 1.21. The quantitative estimate of drug-likeness (QED) is 0.801. The summed E-state index contributed by atoms with van der Waals surface area (Å²) in [6.45, 7) is 5.05. The first-order valence-corrected chi connectivity index (χ1v) is 5.98. The van der Waals surface area contributed by atoms with Crippen LogP contribution >= 0.6 is 23.4 Å². The molecule has 0 heterocycles. The highest BCUT2D eigenvalue weighted by atomic mass is 35.5. The molecule has 1 aromatic rings. The van der Waals surface area contributed by atoms with Gasteiger partial charge in [0.2, 0.25) is 0 Å². The fourth-order valence-corrected chi connectivity index (χ4v) is 2.21. The number of nitrogens with two attached hydrogens (primary N) is 1. The summed E-state index contributed by atoms with van der Waals surface area (Å²) in [5.41, 5.74) is 5.85.